The molecule has 2 aromatic rings. The predicted molar refractivity (Wildman–Crippen MR) is 89.1 cm³/mol. The zero-order chi connectivity index (χ0) is 17.0. The molecule has 0 fully saturated rings. The molecule has 0 unspecified atom stereocenters. The summed E-state index contributed by atoms with van der Waals surface area (Å²) in [6.45, 7) is 1.43. The quantitative estimate of drug-likeness (QED) is 0.773. The van der Waals surface area contributed by atoms with E-state index in [9.17, 15) is 14.0 Å². The molecule has 7 heteroatoms. The van der Waals surface area contributed by atoms with Gasteiger partial charge in [-0.25, -0.2) is 9.18 Å². The van der Waals surface area contributed by atoms with Crippen LogP contribution in [0.2, 0.25) is 5.02 Å². The highest BCUT2D eigenvalue weighted by molar-refractivity contribution is 9.10. The molecule has 4 nitrogen and oxygen atoms in total. The summed E-state index contributed by atoms with van der Waals surface area (Å²) < 4.78 is 18.9. The molecule has 1 N–H and O–H groups in total. The van der Waals surface area contributed by atoms with Gasteiger partial charge < -0.3 is 10.1 Å². The van der Waals surface area contributed by atoms with Crippen molar-refractivity contribution in [2.24, 2.45) is 0 Å². The molecule has 0 bridgehead atoms. The molecule has 2 rings (SSSR count). The zero-order valence-electron chi connectivity index (χ0n) is 12.0. The van der Waals surface area contributed by atoms with Gasteiger partial charge in [-0.2, -0.15) is 0 Å². The van der Waals surface area contributed by atoms with Crippen LogP contribution >= 0.6 is 27.5 Å². The summed E-state index contributed by atoms with van der Waals surface area (Å²) in [7, 11) is 0. The average molecular weight is 401 g/mol. The van der Waals surface area contributed by atoms with Crippen LogP contribution in [0.3, 0.4) is 0 Å². The Morgan fingerprint density at radius 2 is 1.87 bits per heavy atom. The Bertz CT molecular complexity index is 737. The lowest BCUT2D eigenvalue weighted by atomic mass is 10.2. The second-order valence-electron chi connectivity index (χ2n) is 4.67. The summed E-state index contributed by atoms with van der Waals surface area (Å²) in [6, 6.07) is 10.2. The molecular formula is C16H12BrClFNO3. The number of rotatable bonds is 4. The minimum Gasteiger partial charge on any atom is -0.449 e. The molecule has 0 aliphatic heterocycles. The van der Waals surface area contributed by atoms with Crippen LogP contribution in [0.15, 0.2) is 46.9 Å². The Morgan fingerprint density at radius 3 is 2.48 bits per heavy atom. The van der Waals surface area contributed by atoms with E-state index in [-0.39, 0.29) is 10.6 Å². The molecule has 1 atom stereocenters. The Morgan fingerprint density at radius 1 is 1.22 bits per heavy atom. The first-order valence-electron chi connectivity index (χ1n) is 6.59. The van der Waals surface area contributed by atoms with E-state index in [0.717, 1.165) is 16.6 Å². The number of ether oxygens (including phenoxy) is 1. The maximum atomic E-state index is 13.0. The summed E-state index contributed by atoms with van der Waals surface area (Å²) in [5.74, 6) is -1.85. The number of hydrogen-bond acceptors (Lipinski definition) is 3. The molecule has 0 saturated carbocycles. The number of carbonyl (C=O) groups excluding carboxylic acids is 2. The van der Waals surface area contributed by atoms with E-state index < -0.39 is 23.8 Å². The number of amides is 1. The molecule has 0 aliphatic rings. The Balaban J connectivity index is 2.00. The van der Waals surface area contributed by atoms with Gasteiger partial charge in [0.15, 0.2) is 6.10 Å². The van der Waals surface area contributed by atoms with Crippen molar-refractivity contribution < 1.29 is 18.7 Å². The normalized spacial score (nSPS) is 11.7. The summed E-state index contributed by atoms with van der Waals surface area (Å²) in [5.41, 5.74) is 0.567. The van der Waals surface area contributed by atoms with Crippen molar-refractivity contribution >= 4 is 45.1 Å². The van der Waals surface area contributed by atoms with Gasteiger partial charge in [0, 0.05) is 10.2 Å². The van der Waals surface area contributed by atoms with E-state index in [4.69, 9.17) is 16.3 Å². The number of carbonyl (C=O) groups is 2. The molecule has 2 aromatic carbocycles. The number of benzene rings is 2. The van der Waals surface area contributed by atoms with Crippen molar-refractivity contribution in [3.05, 3.63) is 63.3 Å². The van der Waals surface area contributed by atoms with Crippen molar-refractivity contribution in [2.75, 3.05) is 5.32 Å². The average Bonchev–Trinajstić information content (AvgIpc) is 2.49. The van der Waals surface area contributed by atoms with Crippen LogP contribution in [-0.2, 0) is 9.53 Å². The van der Waals surface area contributed by atoms with Crippen LogP contribution in [-0.4, -0.2) is 18.0 Å². The topological polar surface area (TPSA) is 55.4 Å². The van der Waals surface area contributed by atoms with E-state index in [1.54, 1.807) is 24.3 Å². The number of anilines is 1. The monoisotopic (exact) mass is 399 g/mol. The predicted octanol–water partition coefficient (Wildman–Crippen LogP) is 4.43. The van der Waals surface area contributed by atoms with Crippen molar-refractivity contribution in [3.63, 3.8) is 0 Å². The fourth-order valence-electron chi connectivity index (χ4n) is 1.71. The molecule has 0 aliphatic carbocycles. The van der Waals surface area contributed by atoms with Gasteiger partial charge in [0.05, 0.1) is 10.6 Å². The third-order valence-corrected chi connectivity index (χ3v) is 3.76. The second kappa shape index (κ2) is 7.57. The molecule has 0 aromatic heterocycles. The molecule has 1 amide bonds. The van der Waals surface area contributed by atoms with Crippen molar-refractivity contribution in [1.29, 1.82) is 0 Å². The van der Waals surface area contributed by atoms with Gasteiger partial charge in [-0.05, 0) is 49.4 Å². The van der Waals surface area contributed by atoms with Crippen molar-refractivity contribution in [3.8, 4) is 0 Å². The van der Waals surface area contributed by atoms with Crippen molar-refractivity contribution in [1.82, 2.24) is 0 Å². The molecule has 0 heterocycles. The van der Waals surface area contributed by atoms with Crippen LogP contribution in [0, 0.1) is 5.82 Å². The number of nitrogens with one attached hydrogen (secondary N) is 1. The number of esters is 1. The number of hydrogen-bond donors (Lipinski definition) is 1. The largest absolute Gasteiger partial charge is 0.449 e. The summed E-state index contributed by atoms with van der Waals surface area (Å²) in [5, 5.41) is 2.55. The smallest absolute Gasteiger partial charge is 0.340 e. The highest BCUT2D eigenvalue weighted by Crippen LogP contribution is 2.19. The molecule has 0 radical (unpaired) electrons. The SMILES string of the molecule is C[C@H](OC(=O)c1ccc(F)cc1Cl)C(=O)Nc1ccc(Br)cc1. The van der Waals surface area contributed by atoms with Gasteiger partial charge in [-0.3, -0.25) is 4.79 Å². The van der Waals surface area contributed by atoms with E-state index in [2.05, 4.69) is 21.2 Å². The van der Waals surface area contributed by atoms with Crippen LogP contribution in [0.5, 0.6) is 0 Å². The first kappa shape index (κ1) is 17.4. The third kappa shape index (κ3) is 4.77. The van der Waals surface area contributed by atoms with Gasteiger partial charge in [-0.1, -0.05) is 27.5 Å². The molecular weight excluding hydrogens is 389 g/mol. The maximum absolute atomic E-state index is 13.0. The Hall–Kier alpha value is -1.92. The maximum Gasteiger partial charge on any atom is 0.340 e. The lowest BCUT2D eigenvalue weighted by Crippen LogP contribution is -2.30. The summed E-state index contributed by atoms with van der Waals surface area (Å²) >= 11 is 9.08. The highest BCUT2D eigenvalue weighted by atomic mass is 79.9. The Labute approximate surface area is 145 Å². The minimum absolute atomic E-state index is 0.00337. The minimum atomic E-state index is -1.03. The fraction of sp³-hybridized carbons (Fsp3) is 0.125. The molecule has 0 saturated heterocycles. The van der Waals surface area contributed by atoms with E-state index in [0.29, 0.717) is 5.69 Å². The molecule has 23 heavy (non-hydrogen) atoms. The first-order valence-corrected chi connectivity index (χ1v) is 7.76. The molecule has 0 spiro atoms. The standard InChI is InChI=1S/C16H12BrClFNO3/c1-9(15(21)20-12-5-2-10(17)3-6-12)23-16(22)13-7-4-11(19)8-14(13)18/h2-9H,1H3,(H,20,21)/t9-/m0/s1. The van der Waals surface area contributed by atoms with Gasteiger partial charge >= 0.3 is 5.97 Å². The van der Waals surface area contributed by atoms with E-state index >= 15 is 0 Å². The van der Waals surface area contributed by atoms with Crippen LogP contribution in [0.1, 0.15) is 17.3 Å². The van der Waals surface area contributed by atoms with E-state index in [1.165, 1.54) is 13.0 Å². The van der Waals surface area contributed by atoms with Crippen LogP contribution in [0.25, 0.3) is 0 Å². The van der Waals surface area contributed by atoms with Gasteiger partial charge in [0.2, 0.25) is 0 Å². The van der Waals surface area contributed by atoms with Crippen LogP contribution < -0.4 is 5.32 Å². The second-order valence-corrected chi connectivity index (χ2v) is 5.99. The van der Waals surface area contributed by atoms with E-state index in [1.807, 2.05) is 0 Å². The lowest BCUT2D eigenvalue weighted by molar-refractivity contribution is -0.123. The molecule has 120 valence electrons. The van der Waals surface area contributed by atoms with Gasteiger partial charge in [-0.15, -0.1) is 0 Å². The first-order chi connectivity index (χ1) is 10.9. The van der Waals surface area contributed by atoms with Crippen molar-refractivity contribution in [2.45, 2.75) is 13.0 Å². The zero-order valence-corrected chi connectivity index (χ0v) is 14.3. The third-order valence-electron chi connectivity index (χ3n) is 2.92. The summed E-state index contributed by atoms with van der Waals surface area (Å²) in [4.78, 5) is 24.0. The summed E-state index contributed by atoms with van der Waals surface area (Å²) in [6.07, 6.45) is -1.03. The fourth-order valence-corrected chi connectivity index (χ4v) is 2.22. The highest BCUT2D eigenvalue weighted by Gasteiger charge is 2.20. The van der Waals surface area contributed by atoms with Crippen LogP contribution in [0.4, 0.5) is 10.1 Å². The van der Waals surface area contributed by atoms with Gasteiger partial charge in [0.1, 0.15) is 5.82 Å². The number of halogens is 3. The lowest BCUT2D eigenvalue weighted by Gasteiger charge is -2.14. The van der Waals surface area contributed by atoms with Gasteiger partial charge in [0.25, 0.3) is 5.91 Å². The Kier molecular flexibility index (Phi) is 5.74.